The molecule has 0 fully saturated rings. The minimum absolute atomic E-state index is 0.267. The zero-order valence-electron chi connectivity index (χ0n) is 12.5. The third-order valence-electron chi connectivity index (χ3n) is 3.43. The molecule has 0 amide bonds. The van der Waals surface area contributed by atoms with Crippen molar-refractivity contribution >= 4 is 23.8 Å². The van der Waals surface area contributed by atoms with Gasteiger partial charge >= 0.3 is 5.97 Å². The summed E-state index contributed by atoms with van der Waals surface area (Å²) >= 11 is 5.92. The lowest BCUT2D eigenvalue weighted by atomic mass is 10.2. The molecule has 0 atom stereocenters. The maximum Gasteiger partial charge on any atom is 0.307 e. The largest absolute Gasteiger partial charge is 0.469 e. The molecule has 23 heavy (non-hydrogen) atoms. The third kappa shape index (κ3) is 3.48. The van der Waals surface area contributed by atoms with Gasteiger partial charge in [-0.1, -0.05) is 16.8 Å². The van der Waals surface area contributed by atoms with Gasteiger partial charge in [-0.15, -0.1) is 5.10 Å². The van der Waals surface area contributed by atoms with Crippen molar-refractivity contribution in [1.82, 2.24) is 24.8 Å². The number of halogens is 1. The first-order valence-electron chi connectivity index (χ1n) is 7.11. The van der Waals surface area contributed by atoms with Crippen LogP contribution in [-0.2, 0) is 22.5 Å². The van der Waals surface area contributed by atoms with E-state index >= 15 is 0 Å². The van der Waals surface area contributed by atoms with Crippen LogP contribution in [-0.4, -0.2) is 44.1 Å². The highest BCUT2D eigenvalue weighted by Gasteiger charge is 2.15. The number of aliphatic imine (C=N–C) groups is 1. The standard InChI is InChI=1S/C14H15ClN6O2/c1-23-14(22)5-6-20-9-10(7-17-20)21-12-3-2-4-13(15)16-8-11(12)18-19-21/h4,7-9H,2-3,5-6H2,1H3. The third-order valence-corrected chi connectivity index (χ3v) is 3.69. The molecule has 0 saturated carbocycles. The van der Waals surface area contributed by atoms with Crippen molar-refractivity contribution in [2.75, 3.05) is 7.11 Å². The number of hydrogen-bond acceptors (Lipinski definition) is 6. The number of esters is 1. The summed E-state index contributed by atoms with van der Waals surface area (Å²) in [7, 11) is 1.37. The summed E-state index contributed by atoms with van der Waals surface area (Å²) in [6, 6.07) is 0. The molecule has 8 nitrogen and oxygen atoms in total. The fourth-order valence-electron chi connectivity index (χ4n) is 2.25. The second-order valence-corrected chi connectivity index (χ2v) is 5.33. The Bertz CT molecular complexity index is 776. The Kier molecular flexibility index (Phi) is 4.52. The zero-order valence-corrected chi connectivity index (χ0v) is 13.3. The molecule has 0 bridgehead atoms. The average Bonchev–Trinajstić information content (AvgIpc) is 3.15. The lowest BCUT2D eigenvalue weighted by Gasteiger charge is -2.05. The lowest BCUT2D eigenvalue weighted by molar-refractivity contribution is -0.140. The molecule has 0 N–H and O–H groups in total. The molecular formula is C14H15ClN6O2. The number of rotatable bonds is 4. The van der Waals surface area contributed by atoms with Gasteiger partial charge in [0.2, 0.25) is 0 Å². The van der Waals surface area contributed by atoms with Crippen LogP contribution in [0, 0.1) is 0 Å². The van der Waals surface area contributed by atoms with Crippen molar-refractivity contribution in [3.05, 3.63) is 35.0 Å². The molecule has 0 aliphatic carbocycles. The van der Waals surface area contributed by atoms with Crippen LogP contribution in [0.5, 0.6) is 0 Å². The monoisotopic (exact) mass is 334 g/mol. The van der Waals surface area contributed by atoms with Gasteiger partial charge in [-0.2, -0.15) is 5.10 Å². The lowest BCUT2D eigenvalue weighted by Crippen LogP contribution is -2.07. The molecule has 0 spiro atoms. The Hall–Kier alpha value is -2.48. The molecule has 120 valence electrons. The minimum Gasteiger partial charge on any atom is -0.469 e. The highest BCUT2D eigenvalue weighted by Crippen LogP contribution is 2.17. The van der Waals surface area contributed by atoms with Crippen LogP contribution in [0.15, 0.2) is 28.6 Å². The van der Waals surface area contributed by atoms with Gasteiger partial charge < -0.3 is 4.74 Å². The van der Waals surface area contributed by atoms with Gasteiger partial charge in [0.05, 0.1) is 44.4 Å². The van der Waals surface area contributed by atoms with Gasteiger partial charge in [0.1, 0.15) is 16.5 Å². The fraction of sp³-hybridized carbons (Fsp3) is 0.357. The predicted molar refractivity (Wildman–Crippen MR) is 83.6 cm³/mol. The van der Waals surface area contributed by atoms with Crippen molar-refractivity contribution in [3.8, 4) is 5.69 Å². The van der Waals surface area contributed by atoms with Crippen LogP contribution in [0.3, 0.4) is 0 Å². The molecule has 9 heteroatoms. The maximum absolute atomic E-state index is 11.2. The maximum atomic E-state index is 11.2. The predicted octanol–water partition coefficient (Wildman–Crippen LogP) is 1.47. The fourth-order valence-corrected chi connectivity index (χ4v) is 2.41. The molecule has 0 saturated heterocycles. The number of carbonyl (C=O) groups is 1. The highest BCUT2D eigenvalue weighted by atomic mass is 35.5. The first kappa shape index (κ1) is 15.4. The normalized spacial score (nSPS) is 13.9. The molecule has 2 aromatic rings. The van der Waals surface area contributed by atoms with Crippen molar-refractivity contribution in [2.45, 2.75) is 25.8 Å². The number of hydrogen-bond donors (Lipinski definition) is 0. The van der Waals surface area contributed by atoms with Crippen molar-refractivity contribution in [2.24, 2.45) is 4.99 Å². The van der Waals surface area contributed by atoms with Crippen LogP contribution in [0.1, 0.15) is 24.2 Å². The first-order chi connectivity index (χ1) is 11.2. The van der Waals surface area contributed by atoms with Crippen molar-refractivity contribution in [1.29, 1.82) is 0 Å². The first-order valence-corrected chi connectivity index (χ1v) is 7.49. The summed E-state index contributed by atoms with van der Waals surface area (Å²) in [6.45, 7) is 0.448. The van der Waals surface area contributed by atoms with E-state index in [4.69, 9.17) is 11.6 Å². The molecule has 0 aromatic carbocycles. The van der Waals surface area contributed by atoms with E-state index in [2.05, 4.69) is 25.1 Å². The Morgan fingerprint density at radius 2 is 2.35 bits per heavy atom. The summed E-state index contributed by atoms with van der Waals surface area (Å²) in [5.41, 5.74) is 2.42. The Morgan fingerprint density at radius 3 is 3.17 bits per heavy atom. The zero-order chi connectivity index (χ0) is 16.2. The van der Waals surface area contributed by atoms with E-state index in [0.29, 0.717) is 17.4 Å². The van der Waals surface area contributed by atoms with E-state index in [0.717, 1.165) is 24.2 Å². The molecule has 3 rings (SSSR count). The van der Waals surface area contributed by atoms with Crippen LogP contribution < -0.4 is 0 Å². The Balaban J connectivity index is 1.81. The van der Waals surface area contributed by atoms with Gasteiger partial charge in [-0.05, 0) is 18.9 Å². The molecule has 2 aromatic heterocycles. The topological polar surface area (TPSA) is 87.2 Å². The van der Waals surface area contributed by atoms with E-state index in [9.17, 15) is 4.79 Å². The number of aromatic nitrogens is 5. The number of nitrogens with zero attached hydrogens (tertiary/aromatic N) is 6. The van der Waals surface area contributed by atoms with Crippen molar-refractivity contribution in [3.63, 3.8) is 0 Å². The number of carbonyl (C=O) groups excluding carboxylic acids is 1. The van der Waals surface area contributed by atoms with Gasteiger partial charge in [0.15, 0.2) is 0 Å². The van der Waals surface area contributed by atoms with Crippen LogP contribution in [0.4, 0.5) is 0 Å². The quantitative estimate of drug-likeness (QED) is 0.624. The van der Waals surface area contributed by atoms with Gasteiger partial charge in [-0.3, -0.25) is 9.48 Å². The minimum atomic E-state index is -0.271. The summed E-state index contributed by atoms with van der Waals surface area (Å²) in [4.78, 5) is 15.3. The van der Waals surface area contributed by atoms with Crippen molar-refractivity contribution < 1.29 is 9.53 Å². The summed E-state index contributed by atoms with van der Waals surface area (Å²) in [6.07, 6.45) is 8.74. The number of fused-ring (bicyclic) bond motifs is 1. The van der Waals surface area contributed by atoms with Gasteiger partial charge in [0.25, 0.3) is 0 Å². The summed E-state index contributed by atoms with van der Waals surface area (Å²) in [5.74, 6) is -0.271. The smallest absolute Gasteiger partial charge is 0.307 e. The van der Waals surface area contributed by atoms with E-state index in [1.165, 1.54) is 7.11 Å². The van der Waals surface area contributed by atoms with E-state index in [1.54, 1.807) is 21.8 Å². The molecule has 0 unspecified atom stereocenters. The highest BCUT2D eigenvalue weighted by molar-refractivity contribution is 6.29. The molecule has 3 heterocycles. The van der Waals surface area contributed by atoms with Crippen LogP contribution >= 0.6 is 11.6 Å². The van der Waals surface area contributed by atoms with Crippen LogP contribution in [0.2, 0.25) is 0 Å². The average molecular weight is 335 g/mol. The second-order valence-electron chi connectivity index (χ2n) is 4.94. The summed E-state index contributed by atoms with van der Waals surface area (Å²) < 4.78 is 8.03. The second kappa shape index (κ2) is 6.74. The van der Waals surface area contributed by atoms with Gasteiger partial charge in [-0.25, -0.2) is 9.67 Å². The Labute approximate surface area is 137 Å². The Morgan fingerprint density at radius 1 is 1.48 bits per heavy atom. The van der Waals surface area contributed by atoms with E-state index in [1.807, 2.05) is 12.3 Å². The van der Waals surface area contributed by atoms with Gasteiger partial charge in [0, 0.05) is 0 Å². The number of methoxy groups -OCH3 is 1. The molecule has 0 radical (unpaired) electrons. The summed E-state index contributed by atoms with van der Waals surface area (Å²) in [5, 5.41) is 13.0. The number of ether oxygens (including phenoxy) is 1. The van der Waals surface area contributed by atoms with Crippen LogP contribution in [0.25, 0.3) is 5.69 Å². The van der Waals surface area contributed by atoms with E-state index in [-0.39, 0.29) is 12.4 Å². The molecular weight excluding hydrogens is 320 g/mol. The number of allylic oxidation sites excluding steroid dienone is 1. The number of aryl methyl sites for hydroxylation is 1. The molecule has 1 aliphatic rings. The molecule has 1 aliphatic heterocycles. The van der Waals surface area contributed by atoms with E-state index < -0.39 is 0 Å². The SMILES string of the molecule is COC(=O)CCn1cc(-n2nnc3c2CCC=C(Cl)N=C3)cn1.